The molecule has 0 saturated heterocycles. The first-order valence-corrected chi connectivity index (χ1v) is 12.8. The van der Waals surface area contributed by atoms with Crippen molar-refractivity contribution in [1.29, 1.82) is 0 Å². The molecular weight excluding hydrogens is 511 g/mol. The van der Waals surface area contributed by atoms with Gasteiger partial charge in [-0.1, -0.05) is 19.9 Å². The molecule has 1 heterocycles. The van der Waals surface area contributed by atoms with Gasteiger partial charge in [0.1, 0.15) is 17.5 Å². The summed E-state index contributed by atoms with van der Waals surface area (Å²) in [7, 11) is 0. The van der Waals surface area contributed by atoms with E-state index in [0.29, 0.717) is 12.0 Å². The second kappa shape index (κ2) is 9.87. The summed E-state index contributed by atoms with van der Waals surface area (Å²) in [4.78, 5) is 41.2. The lowest BCUT2D eigenvalue weighted by atomic mass is 9.98. The molecule has 2 aliphatic carbocycles. The zero-order chi connectivity index (χ0) is 28.1. The molecule has 0 bridgehead atoms. The van der Waals surface area contributed by atoms with Crippen LogP contribution in [0.1, 0.15) is 50.2 Å². The Hall–Kier alpha value is -4.15. The molecule has 204 valence electrons. The molecule has 2 amide bonds. The van der Waals surface area contributed by atoms with E-state index >= 15 is 4.39 Å². The molecule has 5 rings (SSSR count). The van der Waals surface area contributed by atoms with Crippen molar-refractivity contribution in [2.75, 3.05) is 11.1 Å². The molecule has 1 aromatic heterocycles. The number of aromatic nitrogens is 2. The number of benzene rings is 2. The lowest BCUT2D eigenvalue weighted by Crippen LogP contribution is -2.26. The maximum absolute atomic E-state index is 15.2. The molecule has 2 saturated carbocycles. The van der Waals surface area contributed by atoms with E-state index in [9.17, 15) is 23.2 Å². The predicted octanol–water partition coefficient (Wildman–Crippen LogP) is 4.03. The molecule has 0 radical (unpaired) electrons. The van der Waals surface area contributed by atoms with Crippen molar-refractivity contribution in [2.45, 2.75) is 45.6 Å². The molecule has 3 atom stereocenters. The van der Waals surface area contributed by atoms with Gasteiger partial charge in [-0.05, 0) is 60.6 Å². The van der Waals surface area contributed by atoms with Gasteiger partial charge in [-0.3, -0.25) is 14.2 Å². The highest BCUT2D eigenvalue weighted by atomic mass is 19.1. The fourth-order valence-electron chi connectivity index (χ4n) is 5.27. The largest absolute Gasteiger partial charge is 0.383 e. The summed E-state index contributed by atoms with van der Waals surface area (Å²) in [5, 5.41) is 5.12. The van der Waals surface area contributed by atoms with E-state index in [0.717, 1.165) is 29.5 Å². The van der Waals surface area contributed by atoms with Crippen molar-refractivity contribution < 1.29 is 22.8 Å². The first-order valence-electron chi connectivity index (χ1n) is 12.8. The number of nitrogens with zero attached hydrogens (tertiary/aromatic N) is 2. The average molecular weight is 540 g/mol. The standard InChI is InChI=1S/C28H28F3N5O3/c1-3-28(2)22(15-6-7-18(30)20(12-15)36-11-10-21(32)35-27(36)39)23(28)26(38)34-19-9-8-17(29)16(24(19)31)13-33-25(37)14-4-5-14/h6-12,14,22-23H,3-5,13H2,1-2H3,(H,33,37)(H,34,38)(H2,32,35,39). The van der Waals surface area contributed by atoms with E-state index in [-0.39, 0.29) is 47.0 Å². The van der Waals surface area contributed by atoms with E-state index in [1.807, 2.05) is 13.8 Å². The first kappa shape index (κ1) is 26.5. The number of carbonyl (C=O) groups is 2. The van der Waals surface area contributed by atoms with Gasteiger partial charge >= 0.3 is 5.69 Å². The lowest BCUT2D eigenvalue weighted by molar-refractivity contribution is -0.122. The smallest absolute Gasteiger partial charge is 0.354 e. The molecule has 0 aliphatic heterocycles. The van der Waals surface area contributed by atoms with Gasteiger partial charge in [0.05, 0.1) is 17.3 Å². The summed E-state index contributed by atoms with van der Waals surface area (Å²) >= 11 is 0. The summed E-state index contributed by atoms with van der Waals surface area (Å²) in [6, 6.07) is 7.84. The second-order valence-corrected chi connectivity index (χ2v) is 10.4. The number of halogens is 3. The quantitative estimate of drug-likeness (QED) is 0.400. The van der Waals surface area contributed by atoms with E-state index in [4.69, 9.17) is 5.73 Å². The van der Waals surface area contributed by atoms with Crippen LogP contribution in [0.5, 0.6) is 0 Å². The molecule has 2 fully saturated rings. The first-order chi connectivity index (χ1) is 18.5. The van der Waals surface area contributed by atoms with Gasteiger partial charge < -0.3 is 16.4 Å². The molecule has 3 aromatic rings. The van der Waals surface area contributed by atoms with Crippen LogP contribution in [0.3, 0.4) is 0 Å². The Labute approximate surface area is 222 Å². The zero-order valence-electron chi connectivity index (χ0n) is 21.4. The van der Waals surface area contributed by atoms with Gasteiger partial charge in [0.2, 0.25) is 11.8 Å². The fraction of sp³-hybridized carbons (Fsp3) is 0.357. The Morgan fingerprint density at radius 1 is 1.10 bits per heavy atom. The van der Waals surface area contributed by atoms with Crippen LogP contribution in [0.25, 0.3) is 5.69 Å². The van der Waals surface area contributed by atoms with Crippen molar-refractivity contribution in [3.8, 4) is 5.69 Å². The van der Waals surface area contributed by atoms with Crippen LogP contribution < -0.4 is 22.1 Å². The predicted molar refractivity (Wildman–Crippen MR) is 138 cm³/mol. The number of amides is 2. The van der Waals surface area contributed by atoms with Crippen molar-refractivity contribution in [3.63, 3.8) is 0 Å². The van der Waals surface area contributed by atoms with E-state index in [1.165, 1.54) is 24.4 Å². The van der Waals surface area contributed by atoms with Crippen molar-refractivity contribution in [2.24, 2.45) is 17.3 Å². The Morgan fingerprint density at radius 3 is 2.49 bits per heavy atom. The van der Waals surface area contributed by atoms with Gasteiger partial charge in [-0.2, -0.15) is 4.98 Å². The average Bonchev–Trinajstić information content (AvgIpc) is 3.82. The summed E-state index contributed by atoms with van der Waals surface area (Å²) in [5.74, 6) is -4.19. The van der Waals surface area contributed by atoms with Crippen LogP contribution >= 0.6 is 0 Å². The maximum Gasteiger partial charge on any atom is 0.354 e. The minimum atomic E-state index is -0.950. The minimum absolute atomic E-state index is 0.00627. The topological polar surface area (TPSA) is 119 Å². The van der Waals surface area contributed by atoms with Gasteiger partial charge in [0.25, 0.3) is 0 Å². The van der Waals surface area contributed by atoms with E-state index in [2.05, 4.69) is 15.6 Å². The van der Waals surface area contributed by atoms with E-state index < -0.39 is 40.4 Å². The number of rotatable bonds is 8. The molecule has 2 aliphatic rings. The third-order valence-electron chi connectivity index (χ3n) is 7.93. The highest BCUT2D eigenvalue weighted by Crippen LogP contribution is 2.67. The summed E-state index contributed by atoms with van der Waals surface area (Å²) < 4.78 is 45.3. The molecular formula is C28H28F3N5O3. The Balaban J connectivity index is 1.39. The molecule has 0 spiro atoms. The maximum atomic E-state index is 15.2. The zero-order valence-corrected chi connectivity index (χ0v) is 21.4. The number of hydrogen-bond acceptors (Lipinski definition) is 5. The van der Waals surface area contributed by atoms with E-state index in [1.54, 1.807) is 6.07 Å². The molecule has 8 nitrogen and oxygen atoms in total. The lowest BCUT2D eigenvalue weighted by Gasteiger charge is -2.13. The van der Waals surface area contributed by atoms with Crippen LogP contribution in [0, 0.1) is 34.7 Å². The third kappa shape index (κ3) is 4.88. The molecule has 2 aromatic carbocycles. The fourth-order valence-corrected chi connectivity index (χ4v) is 5.27. The van der Waals surface area contributed by atoms with Gasteiger partial charge in [0, 0.05) is 30.1 Å². The van der Waals surface area contributed by atoms with Crippen LogP contribution in [-0.2, 0) is 16.1 Å². The summed E-state index contributed by atoms with van der Waals surface area (Å²) in [5.41, 5.74) is 4.34. The number of anilines is 2. The Morgan fingerprint density at radius 2 is 1.82 bits per heavy atom. The normalized spacial score (nSPS) is 21.9. The van der Waals surface area contributed by atoms with Gasteiger partial charge in [-0.15, -0.1) is 0 Å². The Bertz CT molecular complexity index is 1540. The molecule has 4 N–H and O–H groups in total. The summed E-state index contributed by atoms with van der Waals surface area (Å²) in [6.07, 6.45) is 3.44. The van der Waals surface area contributed by atoms with Gasteiger partial charge in [0.15, 0.2) is 5.82 Å². The Kier molecular flexibility index (Phi) is 6.69. The molecule has 39 heavy (non-hydrogen) atoms. The van der Waals surface area contributed by atoms with Crippen molar-refractivity contribution >= 4 is 23.3 Å². The van der Waals surface area contributed by atoms with Crippen molar-refractivity contribution in [1.82, 2.24) is 14.9 Å². The minimum Gasteiger partial charge on any atom is -0.383 e. The van der Waals surface area contributed by atoms with Crippen LogP contribution in [-0.4, -0.2) is 21.4 Å². The van der Waals surface area contributed by atoms with Crippen LogP contribution in [0.2, 0.25) is 0 Å². The van der Waals surface area contributed by atoms with Crippen molar-refractivity contribution in [3.05, 3.63) is 81.7 Å². The van der Waals surface area contributed by atoms with Crippen LogP contribution in [0.15, 0.2) is 47.4 Å². The van der Waals surface area contributed by atoms with Gasteiger partial charge in [-0.25, -0.2) is 18.0 Å². The molecule has 11 heteroatoms. The number of hydrogen-bond donors (Lipinski definition) is 3. The number of nitrogen functional groups attached to an aromatic ring is 1. The highest BCUT2D eigenvalue weighted by Gasteiger charge is 2.64. The summed E-state index contributed by atoms with van der Waals surface area (Å²) in [6.45, 7) is 3.49. The number of nitrogens with two attached hydrogens (primary N) is 1. The monoisotopic (exact) mass is 539 g/mol. The SMILES string of the molecule is CCC1(C)C(C(=O)Nc2ccc(F)c(CNC(=O)C3CC3)c2F)C1c1ccc(F)c(-n2ccc(N)nc2=O)c1. The third-order valence-corrected chi connectivity index (χ3v) is 7.93. The second-order valence-electron chi connectivity index (χ2n) is 10.4. The van der Waals surface area contributed by atoms with Crippen LogP contribution in [0.4, 0.5) is 24.7 Å². The molecule has 3 unspecified atom stereocenters. The number of carbonyl (C=O) groups excluding carboxylic acids is 2. The highest BCUT2D eigenvalue weighted by molar-refractivity contribution is 5.96. The number of nitrogens with one attached hydrogen (secondary N) is 2.